The van der Waals surface area contributed by atoms with Crippen LogP contribution < -0.4 is 0 Å². The van der Waals surface area contributed by atoms with Crippen LogP contribution in [0, 0.1) is 17.4 Å². The second-order valence-corrected chi connectivity index (χ2v) is 9.40. The van der Waals surface area contributed by atoms with E-state index in [0.29, 0.717) is 10.7 Å². The Kier molecular flexibility index (Phi) is 6.29. The van der Waals surface area contributed by atoms with Crippen molar-refractivity contribution >= 4 is 57.5 Å². The van der Waals surface area contributed by atoms with Crippen molar-refractivity contribution in [2.75, 3.05) is 7.11 Å². The monoisotopic (exact) mass is 562 g/mol. The van der Waals surface area contributed by atoms with Crippen LogP contribution in [-0.4, -0.2) is 33.7 Å². The molecule has 0 N–H and O–H groups in total. The third-order valence-electron chi connectivity index (χ3n) is 5.08. The van der Waals surface area contributed by atoms with Crippen LogP contribution in [0.4, 0.5) is 4.79 Å². The number of halogens is 1. The van der Waals surface area contributed by atoms with Crippen molar-refractivity contribution in [3.63, 3.8) is 0 Å². The highest BCUT2D eigenvalue weighted by Crippen LogP contribution is 2.35. The van der Waals surface area contributed by atoms with Crippen molar-refractivity contribution in [2.24, 2.45) is 0 Å². The summed E-state index contributed by atoms with van der Waals surface area (Å²) in [4.78, 5) is 38.4. The lowest BCUT2D eigenvalue weighted by molar-refractivity contribution is -0.123. The standard InChI is InChI=1S/C23H19IN2O5S/c1-13-10-15(14(2)26(13)17-6-4-16(24)5-7-17)11-20-21(27)25(23(29)32-20)12-18-8-9-19(31-18)22(28)30-3/h4-11H,12H2,1-3H3/b20-11-. The average molecular weight is 562 g/mol. The first-order valence-electron chi connectivity index (χ1n) is 9.65. The molecule has 0 radical (unpaired) electrons. The SMILES string of the molecule is COC(=O)c1ccc(CN2C(=O)S/C(=C\c3cc(C)n(-c4ccc(I)cc4)c3C)C2=O)o1. The van der Waals surface area contributed by atoms with Gasteiger partial charge in [-0.3, -0.25) is 14.5 Å². The Bertz CT molecular complexity index is 1260. The van der Waals surface area contributed by atoms with Gasteiger partial charge in [0.1, 0.15) is 5.76 Å². The molecule has 1 aromatic carbocycles. The summed E-state index contributed by atoms with van der Waals surface area (Å²) in [6, 6.07) is 13.2. The highest BCUT2D eigenvalue weighted by atomic mass is 127. The van der Waals surface area contributed by atoms with Crippen molar-refractivity contribution in [3.8, 4) is 5.69 Å². The van der Waals surface area contributed by atoms with Gasteiger partial charge < -0.3 is 13.7 Å². The van der Waals surface area contributed by atoms with Crippen LogP contribution in [0.25, 0.3) is 11.8 Å². The maximum atomic E-state index is 12.9. The number of imide groups is 1. The summed E-state index contributed by atoms with van der Waals surface area (Å²) in [5.41, 5.74) is 3.91. The van der Waals surface area contributed by atoms with Crippen LogP contribution >= 0.6 is 34.4 Å². The Balaban J connectivity index is 1.58. The molecule has 1 saturated heterocycles. The molecule has 0 aliphatic carbocycles. The molecule has 4 rings (SSSR count). The van der Waals surface area contributed by atoms with Gasteiger partial charge in [-0.05, 0) is 102 Å². The summed E-state index contributed by atoms with van der Waals surface area (Å²) in [5, 5.41) is -0.385. The molecule has 9 heteroatoms. The smallest absolute Gasteiger partial charge is 0.373 e. The molecule has 0 saturated carbocycles. The summed E-state index contributed by atoms with van der Waals surface area (Å²) in [6.45, 7) is 3.93. The maximum Gasteiger partial charge on any atom is 0.373 e. The van der Waals surface area contributed by atoms with Crippen molar-refractivity contribution < 1.29 is 23.5 Å². The Morgan fingerprint density at radius 3 is 2.56 bits per heavy atom. The molecule has 0 unspecified atom stereocenters. The van der Waals surface area contributed by atoms with Gasteiger partial charge in [0.15, 0.2) is 0 Å². The van der Waals surface area contributed by atoms with Crippen molar-refractivity contribution in [1.82, 2.24) is 9.47 Å². The van der Waals surface area contributed by atoms with E-state index in [-0.39, 0.29) is 17.5 Å². The Morgan fingerprint density at radius 1 is 1.16 bits per heavy atom. The molecule has 32 heavy (non-hydrogen) atoms. The lowest BCUT2D eigenvalue weighted by Crippen LogP contribution is -2.27. The lowest BCUT2D eigenvalue weighted by Gasteiger charge is -2.10. The minimum atomic E-state index is -0.617. The first-order valence-corrected chi connectivity index (χ1v) is 11.6. The second kappa shape index (κ2) is 8.99. The summed E-state index contributed by atoms with van der Waals surface area (Å²) in [5.74, 6) is -0.664. The summed E-state index contributed by atoms with van der Waals surface area (Å²) >= 11 is 3.16. The maximum absolute atomic E-state index is 12.9. The summed E-state index contributed by atoms with van der Waals surface area (Å²) in [7, 11) is 1.25. The second-order valence-electron chi connectivity index (χ2n) is 7.16. The number of methoxy groups -OCH3 is 1. The number of nitrogens with zero attached hydrogens (tertiary/aromatic N) is 2. The van der Waals surface area contributed by atoms with Crippen LogP contribution in [0.5, 0.6) is 0 Å². The van der Waals surface area contributed by atoms with E-state index in [9.17, 15) is 14.4 Å². The zero-order valence-electron chi connectivity index (χ0n) is 17.5. The predicted molar refractivity (Wildman–Crippen MR) is 130 cm³/mol. The van der Waals surface area contributed by atoms with E-state index in [4.69, 9.17) is 4.42 Å². The molecule has 0 bridgehead atoms. The fraction of sp³-hybridized carbons (Fsp3) is 0.174. The Hall–Kier alpha value is -2.79. The molecule has 1 aliphatic rings. The molecule has 2 amide bonds. The van der Waals surface area contributed by atoms with Gasteiger partial charge in [-0.2, -0.15) is 0 Å². The minimum Gasteiger partial charge on any atom is -0.463 e. The minimum absolute atomic E-state index is 0.0213. The fourth-order valence-corrected chi connectivity index (χ4v) is 4.72. The number of aromatic nitrogens is 1. The number of amides is 2. The van der Waals surface area contributed by atoms with E-state index in [0.717, 1.165) is 42.9 Å². The first-order chi connectivity index (χ1) is 15.3. The third kappa shape index (κ3) is 4.26. The number of carbonyl (C=O) groups excluding carboxylic acids is 3. The molecule has 1 fully saturated rings. The van der Waals surface area contributed by atoms with Gasteiger partial charge in [0.25, 0.3) is 11.1 Å². The van der Waals surface area contributed by atoms with Crippen LogP contribution in [0.2, 0.25) is 0 Å². The van der Waals surface area contributed by atoms with Crippen LogP contribution in [0.15, 0.2) is 51.8 Å². The molecule has 3 aromatic rings. The van der Waals surface area contributed by atoms with E-state index >= 15 is 0 Å². The molecule has 1 aliphatic heterocycles. The molecule has 0 spiro atoms. The molecule has 7 nitrogen and oxygen atoms in total. The molecular formula is C23H19IN2O5S. The van der Waals surface area contributed by atoms with E-state index in [1.165, 1.54) is 13.2 Å². The van der Waals surface area contributed by atoms with Crippen molar-refractivity contribution in [1.29, 1.82) is 0 Å². The average Bonchev–Trinajstić information content (AvgIpc) is 3.42. The van der Waals surface area contributed by atoms with Gasteiger partial charge >= 0.3 is 5.97 Å². The number of aryl methyl sites for hydroxylation is 1. The third-order valence-corrected chi connectivity index (χ3v) is 6.70. The normalized spacial score (nSPS) is 15.1. The predicted octanol–water partition coefficient (Wildman–Crippen LogP) is 5.31. The number of ether oxygens (including phenoxy) is 1. The number of hydrogen-bond acceptors (Lipinski definition) is 6. The van der Waals surface area contributed by atoms with Gasteiger partial charge in [0.2, 0.25) is 5.76 Å². The number of benzene rings is 1. The summed E-state index contributed by atoms with van der Waals surface area (Å²) < 4.78 is 13.3. The zero-order valence-corrected chi connectivity index (χ0v) is 20.5. The Labute approximate surface area is 202 Å². The van der Waals surface area contributed by atoms with Gasteiger partial charge in [-0.15, -0.1) is 0 Å². The number of esters is 1. The molecule has 2 aromatic heterocycles. The van der Waals surface area contributed by atoms with Crippen LogP contribution in [0.1, 0.15) is 33.3 Å². The number of carbonyl (C=O) groups is 3. The number of furan rings is 1. The first kappa shape index (κ1) is 22.4. The van der Waals surface area contributed by atoms with E-state index in [1.54, 1.807) is 12.1 Å². The van der Waals surface area contributed by atoms with Crippen molar-refractivity contribution in [3.05, 3.63) is 79.4 Å². The van der Waals surface area contributed by atoms with Gasteiger partial charge in [-0.25, -0.2) is 4.79 Å². The Morgan fingerprint density at radius 2 is 1.88 bits per heavy atom. The van der Waals surface area contributed by atoms with Crippen molar-refractivity contribution in [2.45, 2.75) is 20.4 Å². The largest absolute Gasteiger partial charge is 0.463 e. The van der Waals surface area contributed by atoms with Crippen LogP contribution in [-0.2, 0) is 16.1 Å². The number of hydrogen-bond donors (Lipinski definition) is 0. The number of thioether (sulfide) groups is 1. The molecule has 0 atom stereocenters. The van der Waals surface area contributed by atoms with E-state index < -0.39 is 11.9 Å². The lowest BCUT2D eigenvalue weighted by atomic mass is 10.2. The van der Waals surface area contributed by atoms with Gasteiger partial charge in [0, 0.05) is 20.6 Å². The molecule has 164 valence electrons. The molecule has 3 heterocycles. The van der Waals surface area contributed by atoms with E-state index in [1.807, 2.05) is 44.2 Å². The quantitative estimate of drug-likeness (QED) is 0.238. The zero-order chi connectivity index (χ0) is 23.0. The number of rotatable bonds is 5. The summed E-state index contributed by atoms with van der Waals surface area (Å²) in [6.07, 6.45) is 1.75. The highest BCUT2D eigenvalue weighted by Gasteiger charge is 2.36. The topological polar surface area (TPSA) is 81.8 Å². The van der Waals surface area contributed by atoms with Crippen LogP contribution in [0.3, 0.4) is 0 Å². The highest BCUT2D eigenvalue weighted by molar-refractivity contribution is 14.1. The van der Waals surface area contributed by atoms with E-state index in [2.05, 4.69) is 31.9 Å². The van der Waals surface area contributed by atoms with Gasteiger partial charge in [0.05, 0.1) is 18.6 Å². The van der Waals surface area contributed by atoms with Gasteiger partial charge in [-0.1, -0.05) is 0 Å². The molecular weight excluding hydrogens is 543 g/mol. The fourth-order valence-electron chi connectivity index (χ4n) is 3.53.